The molecule has 0 radical (unpaired) electrons. The number of carboxylic acids is 1. The molecule has 0 spiro atoms. The molecule has 2 aromatic rings. The van der Waals surface area contributed by atoms with Crippen molar-refractivity contribution in [3.05, 3.63) is 52.9 Å². The molecule has 6 heteroatoms. The Hall–Kier alpha value is -2.14. The third-order valence-corrected chi connectivity index (χ3v) is 2.98. The van der Waals surface area contributed by atoms with Gasteiger partial charge in [0.2, 0.25) is 0 Å². The van der Waals surface area contributed by atoms with E-state index >= 15 is 0 Å². The lowest BCUT2D eigenvalue weighted by Crippen LogP contribution is -2.21. The van der Waals surface area contributed by atoms with Crippen molar-refractivity contribution in [1.29, 1.82) is 0 Å². The van der Waals surface area contributed by atoms with Crippen LogP contribution in [0.15, 0.2) is 36.7 Å². The van der Waals surface area contributed by atoms with Crippen molar-refractivity contribution in [3.63, 3.8) is 0 Å². The summed E-state index contributed by atoms with van der Waals surface area (Å²) >= 11 is 6.08. The summed E-state index contributed by atoms with van der Waals surface area (Å²) in [6.07, 6.45) is 2.82. The lowest BCUT2D eigenvalue weighted by molar-refractivity contribution is 0.0690. The van der Waals surface area contributed by atoms with Crippen LogP contribution in [0.2, 0.25) is 5.02 Å². The van der Waals surface area contributed by atoms with E-state index in [0.717, 1.165) is 5.56 Å². The molecule has 1 aromatic heterocycles. The van der Waals surface area contributed by atoms with Crippen molar-refractivity contribution in [2.45, 2.75) is 6.54 Å². The number of nitrogens with zero attached hydrogens (tertiary/aromatic N) is 3. The Morgan fingerprint density at radius 3 is 2.68 bits per heavy atom. The summed E-state index contributed by atoms with van der Waals surface area (Å²) in [5.41, 5.74) is 0.825. The quantitative estimate of drug-likeness (QED) is 0.930. The van der Waals surface area contributed by atoms with E-state index in [9.17, 15) is 4.79 Å². The minimum atomic E-state index is -1.10. The summed E-state index contributed by atoms with van der Waals surface area (Å²) in [7, 11) is 1.75. The predicted molar refractivity (Wildman–Crippen MR) is 72.6 cm³/mol. The molecular weight excluding hydrogens is 266 g/mol. The zero-order chi connectivity index (χ0) is 13.8. The third-order valence-electron chi connectivity index (χ3n) is 2.61. The molecular formula is C13H12ClN3O2. The Morgan fingerprint density at radius 2 is 2.00 bits per heavy atom. The fourth-order valence-electron chi connectivity index (χ4n) is 1.72. The highest BCUT2D eigenvalue weighted by Crippen LogP contribution is 2.20. The Kier molecular flexibility index (Phi) is 3.97. The van der Waals surface area contributed by atoms with Gasteiger partial charge in [-0.2, -0.15) is 0 Å². The lowest BCUT2D eigenvalue weighted by atomic mass is 10.2. The van der Waals surface area contributed by atoms with Crippen LogP contribution >= 0.6 is 11.6 Å². The normalized spacial score (nSPS) is 10.2. The summed E-state index contributed by atoms with van der Waals surface area (Å²) in [4.78, 5) is 20.7. The summed E-state index contributed by atoms with van der Waals surface area (Å²) in [5, 5.41) is 9.71. The average molecular weight is 278 g/mol. The van der Waals surface area contributed by atoms with E-state index in [2.05, 4.69) is 9.97 Å². The van der Waals surface area contributed by atoms with E-state index in [0.29, 0.717) is 17.4 Å². The van der Waals surface area contributed by atoms with Gasteiger partial charge < -0.3 is 10.0 Å². The maximum Gasteiger partial charge on any atom is 0.358 e. The first-order chi connectivity index (χ1) is 9.09. The molecule has 0 saturated heterocycles. The monoisotopic (exact) mass is 277 g/mol. The molecule has 0 aliphatic rings. The molecule has 0 saturated carbocycles. The van der Waals surface area contributed by atoms with Gasteiger partial charge in [0.05, 0.1) is 0 Å². The summed E-state index contributed by atoms with van der Waals surface area (Å²) in [6, 6.07) is 7.40. The maximum absolute atomic E-state index is 11.1. The number of carboxylic acid groups (broad SMARTS) is 1. The highest BCUT2D eigenvalue weighted by molar-refractivity contribution is 6.31. The van der Waals surface area contributed by atoms with Crippen LogP contribution in [0.5, 0.6) is 0 Å². The molecule has 0 bridgehead atoms. The number of anilines is 1. The fourth-order valence-corrected chi connectivity index (χ4v) is 1.91. The zero-order valence-corrected chi connectivity index (χ0v) is 11.0. The molecule has 5 nitrogen and oxygen atoms in total. The molecule has 0 unspecified atom stereocenters. The van der Waals surface area contributed by atoms with Crippen LogP contribution in [0.3, 0.4) is 0 Å². The van der Waals surface area contributed by atoms with E-state index in [1.807, 2.05) is 18.2 Å². The highest BCUT2D eigenvalue weighted by atomic mass is 35.5. The van der Waals surface area contributed by atoms with Gasteiger partial charge in [-0.3, -0.25) is 0 Å². The first-order valence-electron chi connectivity index (χ1n) is 5.58. The number of halogens is 1. The van der Waals surface area contributed by atoms with Crippen molar-refractivity contribution in [2.24, 2.45) is 0 Å². The largest absolute Gasteiger partial charge is 0.476 e. The third kappa shape index (κ3) is 3.00. The minimum Gasteiger partial charge on any atom is -0.476 e. The molecule has 2 rings (SSSR count). The van der Waals surface area contributed by atoms with E-state index in [1.165, 1.54) is 12.4 Å². The minimum absolute atomic E-state index is 0.0722. The van der Waals surface area contributed by atoms with E-state index in [1.54, 1.807) is 18.0 Å². The van der Waals surface area contributed by atoms with Gasteiger partial charge >= 0.3 is 5.97 Å². The number of aromatic carboxylic acids is 1. The fraction of sp³-hybridized carbons (Fsp3) is 0.154. The van der Waals surface area contributed by atoms with Gasteiger partial charge in [-0.25, -0.2) is 14.8 Å². The summed E-state index contributed by atoms with van der Waals surface area (Å²) < 4.78 is 0. The molecule has 98 valence electrons. The maximum atomic E-state index is 11.1. The topological polar surface area (TPSA) is 66.3 Å². The number of rotatable bonds is 4. The SMILES string of the molecule is CN(Cc1ccccc1Cl)c1nccnc1C(=O)O. The second-order valence-corrected chi connectivity index (χ2v) is 4.39. The van der Waals surface area contributed by atoms with Gasteiger partial charge in [0.1, 0.15) is 0 Å². The molecule has 0 atom stereocenters. The number of hydrogen-bond acceptors (Lipinski definition) is 4. The molecule has 0 amide bonds. The molecule has 1 aromatic carbocycles. The van der Waals surface area contributed by atoms with E-state index in [4.69, 9.17) is 16.7 Å². The van der Waals surface area contributed by atoms with Crippen LogP contribution in [-0.4, -0.2) is 28.1 Å². The van der Waals surface area contributed by atoms with Crippen molar-refractivity contribution in [3.8, 4) is 0 Å². The van der Waals surface area contributed by atoms with Gasteiger partial charge in [-0.15, -0.1) is 0 Å². The van der Waals surface area contributed by atoms with Gasteiger partial charge in [0.15, 0.2) is 11.5 Å². The number of aromatic nitrogens is 2. The Bertz CT molecular complexity index is 604. The van der Waals surface area contributed by atoms with Crippen molar-refractivity contribution >= 4 is 23.4 Å². The summed E-state index contributed by atoms with van der Waals surface area (Å²) in [5.74, 6) is -0.788. The zero-order valence-electron chi connectivity index (χ0n) is 10.2. The van der Waals surface area contributed by atoms with Crippen LogP contribution in [0, 0.1) is 0 Å². The van der Waals surface area contributed by atoms with Gasteiger partial charge in [-0.05, 0) is 11.6 Å². The number of hydrogen-bond donors (Lipinski definition) is 1. The smallest absolute Gasteiger partial charge is 0.358 e. The molecule has 1 N–H and O–H groups in total. The first kappa shape index (κ1) is 13.3. The van der Waals surface area contributed by atoms with Gasteiger partial charge in [-0.1, -0.05) is 29.8 Å². The van der Waals surface area contributed by atoms with Crippen LogP contribution in [0.1, 0.15) is 16.1 Å². The molecule has 1 heterocycles. The van der Waals surface area contributed by atoms with E-state index < -0.39 is 5.97 Å². The van der Waals surface area contributed by atoms with Crippen molar-refractivity contribution < 1.29 is 9.90 Å². The number of carbonyl (C=O) groups is 1. The van der Waals surface area contributed by atoms with E-state index in [-0.39, 0.29) is 5.69 Å². The molecule has 0 fully saturated rings. The standard InChI is InChI=1S/C13H12ClN3O2/c1-17(8-9-4-2-3-5-10(9)14)12-11(13(18)19)15-6-7-16-12/h2-7H,8H2,1H3,(H,18,19). The van der Waals surface area contributed by atoms with Crippen LogP contribution in [-0.2, 0) is 6.54 Å². The van der Waals surface area contributed by atoms with Crippen LogP contribution in [0.25, 0.3) is 0 Å². The average Bonchev–Trinajstić information content (AvgIpc) is 2.41. The first-order valence-corrected chi connectivity index (χ1v) is 5.96. The summed E-state index contributed by atoms with van der Waals surface area (Å²) in [6.45, 7) is 0.457. The highest BCUT2D eigenvalue weighted by Gasteiger charge is 2.16. The predicted octanol–water partition coefficient (Wildman–Crippen LogP) is 2.46. The second kappa shape index (κ2) is 5.67. The Balaban J connectivity index is 2.28. The molecule has 0 aliphatic heterocycles. The number of benzene rings is 1. The molecule has 19 heavy (non-hydrogen) atoms. The lowest BCUT2D eigenvalue weighted by Gasteiger charge is -2.19. The van der Waals surface area contributed by atoms with Crippen molar-refractivity contribution in [1.82, 2.24) is 9.97 Å². The Labute approximate surface area is 115 Å². The second-order valence-electron chi connectivity index (χ2n) is 3.98. The Morgan fingerprint density at radius 1 is 1.32 bits per heavy atom. The van der Waals surface area contributed by atoms with Gasteiger partial charge in [0, 0.05) is 31.0 Å². The van der Waals surface area contributed by atoms with Crippen LogP contribution < -0.4 is 4.90 Å². The molecule has 0 aliphatic carbocycles. The van der Waals surface area contributed by atoms with Gasteiger partial charge in [0.25, 0.3) is 0 Å². The van der Waals surface area contributed by atoms with Crippen molar-refractivity contribution in [2.75, 3.05) is 11.9 Å². The van der Waals surface area contributed by atoms with Crippen LogP contribution in [0.4, 0.5) is 5.82 Å².